The minimum Gasteiger partial charge on any atom is -0.306 e. The fourth-order valence-electron chi connectivity index (χ4n) is 2.00. The van der Waals surface area contributed by atoms with Crippen LogP contribution in [0.15, 0.2) is 36.5 Å². The van der Waals surface area contributed by atoms with Gasteiger partial charge in [-0.1, -0.05) is 19.1 Å². The van der Waals surface area contributed by atoms with Crippen LogP contribution >= 0.6 is 0 Å². The van der Waals surface area contributed by atoms with Crippen LogP contribution in [0, 0.1) is 18.6 Å². The first-order chi connectivity index (χ1) is 9.11. The molecule has 0 saturated heterocycles. The molecule has 2 rings (SSSR count). The molecule has 1 N–H and O–H groups in total. The zero-order valence-corrected chi connectivity index (χ0v) is 11.0. The summed E-state index contributed by atoms with van der Waals surface area (Å²) in [6, 6.07) is 7.10. The number of nitrogens with zero attached hydrogens (tertiary/aromatic N) is 1. The number of aromatic nitrogens is 1. The Hall–Kier alpha value is -1.81. The average molecular weight is 262 g/mol. The van der Waals surface area contributed by atoms with Gasteiger partial charge in [-0.25, -0.2) is 8.78 Å². The van der Waals surface area contributed by atoms with Crippen LogP contribution in [0.5, 0.6) is 0 Å². The number of hydrogen-bond acceptors (Lipinski definition) is 2. The van der Waals surface area contributed by atoms with Gasteiger partial charge >= 0.3 is 0 Å². The fourth-order valence-corrected chi connectivity index (χ4v) is 2.00. The van der Waals surface area contributed by atoms with Gasteiger partial charge in [-0.3, -0.25) is 4.98 Å². The summed E-state index contributed by atoms with van der Waals surface area (Å²) in [7, 11) is 0. The van der Waals surface area contributed by atoms with E-state index in [1.54, 1.807) is 6.20 Å². The molecule has 0 fully saturated rings. The average Bonchev–Trinajstić information content (AvgIpc) is 2.38. The molecule has 1 aromatic heterocycles. The maximum atomic E-state index is 13.9. The lowest BCUT2D eigenvalue weighted by Crippen LogP contribution is -2.23. The van der Waals surface area contributed by atoms with Crippen molar-refractivity contribution < 1.29 is 8.78 Å². The normalized spacial score (nSPS) is 12.4. The number of aryl methyl sites for hydroxylation is 1. The summed E-state index contributed by atoms with van der Waals surface area (Å²) in [5.41, 5.74) is 2.19. The van der Waals surface area contributed by atoms with Gasteiger partial charge < -0.3 is 5.32 Å². The summed E-state index contributed by atoms with van der Waals surface area (Å²) in [4.78, 5) is 4.22. The third kappa shape index (κ3) is 3.15. The minimum atomic E-state index is -0.571. The van der Waals surface area contributed by atoms with Crippen LogP contribution in [0.25, 0.3) is 0 Å². The van der Waals surface area contributed by atoms with Crippen molar-refractivity contribution in [2.75, 3.05) is 6.54 Å². The Morgan fingerprint density at radius 2 is 2.00 bits per heavy atom. The highest BCUT2D eigenvalue weighted by molar-refractivity contribution is 5.32. The largest absolute Gasteiger partial charge is 0.306 e. The first kappa shape index (κ1) is 13.6. The summed E-state index contributed by atoms with van der Waals surface area (Å²) >= 11 is 0. The lowest BCUT2D eigenvalue weighted by Gasteiger charge is -2.19. The Bertz CT molecular complexity index is 553. The molecule has 0 radical (unpaired) electrons. The number of hydrogen-bond donors (Lipinski definition) is 1. The van der Waals surface area contributed by atoms with Gasteiger partial charge in [0.2, 0.25) is 0 Å². The molecule has 1 atom stereocenters. The zero-order chi connectivity index (χ0) is 13.8. The summed E-state index contributed by atoms with van der Waals surface area (Å²) in [6.45, 7) is 4.51. The Balaban J connectivity index is 2.41. The second-order valence-corrected chi connectivity index (χ2v) is 4.39. The number of rotatable bonds is 4. The van der Waals surface area contributed by atoms with Gasteiger partial charge in [0.05, 0.1) is 6.04 Å². The van der Waals surface area contributed by atoms with Crippen molar-refractivity contribution in [2.45, 2.75) is 19.9 Å². The Morgan fingerprint density at radius 3 is 2.58 bits per heavy atom. The number of nitrogens with one attached hydrogen (secondary N) is 1. The fraction of sp³-hybridized carbons (Fsp3) is 0.267. The van der Waals surface area contributed by atoms with Crippen molar-refractivity contribution in [3.8, 4) is 0 Å². The van der Waals surface area contributed by atoms with E-state index >= 15 is 0 Å². The van der Waals surface area contributed by atoms with Gasteiger partial charge in [-0.15, -0.1) is 0 Å². The summed E-state index contributed by atoms with van der Waals surface area (Å²) < 4.78 is 26.9. The van der Waals surface area contributed by atoms with Crippen molar-refractivity contribution in [3.05, 3.63) is 65.0 Å². The molecular formula is C15H16F2N2. The van der Waals surface area contributed by atoms with Gasteiger partial charge in [-0.2, -0.15) is 0 Å². The molecule has 0 spiro atoms. The molecule has 1 aromatic carbocycles. The molecule has 0 amide bonds. The van der Waals surface area contributed by atoms with Crippen molar-refractivity contribution in [1.82, 2.24) is 10.3 Å². The van der Waals surface area contributed by atoms with E-state index in [9.17, 15) is 8.78 Å². The highest BCUT2D eigenvalue weighted by Crippen LogP contribution is 2.24. The smallest absolute Gasteiger partial charge is 0.131 e. The van der Waals surface area contributed by atoms with Gasteiger partial charge in [0.1, 0.15) is 11.6 Å². The van der Waals surface area contributed by atoms with Crippen molar-refractivity contribution >= 4 is 0 Å². The SMILES string of the molecule is CCNC(c1ccc(C)nc1)c1ccc(F)cc1F. The predicted octanol–water partition coefficient (Wildman–Crippen LogP) is 3.37. The van der Waals surface area contributed by atoms with Crippen LogP contribution in [-0.4, -0.2) is 11.5 Å². The highest BCUT2D eigenvalue weighted by atomic mass is 19.1. The second-order valence-electron chi connectivity index (χ2n) is 4.39. The maximum absolute atomic E-state index is 13.9. The predicted molar refractivity (Wildman–Crippen MR) is 70.9 cm³/mol. The molecule has 0 aliphatic carbocycles. The monoisotopic (exact) mass is 262 g/mol. The summed E-state index contributed by atoms with van der Waals surface area (Å²) in [6.07, 6.45) is 1.71. The minimum absolute atomic E-state index is 0.321. The van der Waals surface area contributed by atoms with E-state index in [0.29, 0.717) is 12.1 Å². The molecule has 100 valence electrons. The second kappa shape index (κ2) is 5.89. The van der Waals surface area contributed by atoms with E-state index in [2.05, 4.69) is 10.3 Å². The molecule has 0 bridgehead atoms. The van der Waals surface area contributed by atoms with Crippen LogP contribution in [0.2, 0.25) is 0 Å². The standard InChI is InChI=1S/C15H16F2N2/c1-3-18-15(11-5-4-10(2)19-9-11)13-7-6-12(16)8-14(13)17/h4-9,15,18H,3H2,1-2H3. The van der Waals surface area contributed by atoms with E-state index in [1.807, 2.05) is 26.0 Å². The van der Waals surface area contributed by atoms with Gasteiger partial charge in [0.15, 0.2) is 0 Å². The van der Waals surface area contributed by atoms with E-state index < -0.39 is 11.6 Å². The van der Waals surface area contributed by atoms with Crippen molar-refractivity contribution in [3.63, 3.8) is 0 Å². The lowest BCUT2D eigenvalue weighted by molar-refractivity contribution is 0.540. The Kier molecular flexibility index (Phi) is 4.22. The Labute approximate surface area is 111 Å². The topological polar surface area (TPSA) is 24.9 Å². The molecule has 0 saturated carbocycles. The van der Waals surface area contributed by atoms with E-state index in [-0.39, 0.29) is 6.04 Å². The molecular weight excluding hydrogens is 246 g/mol. The highest BCUT2D eigenvalue weighted by Gasteiger charge is 2.17. The first-order valence-corrected chi connectivity index (χ1v) is 6.22. The quantitative estimate of drug-likeness (QED) is 0.913. The van der Waals surface area contributed by atoms with Gasteiger partial charge in [-0.05, 0) is 31.2 Å². The third-order valence-corrected chi connectivity index (χ3v) is 2.95. The maximum Gasteiger partial charge on any atom is 0.131 e. The number of benzene rings is 1. The number of halogens is 2. The first-order valence-electron chi connectivity index (χ1n) is 6.22. The summed E-state index contributed by atoms with van der Waals surface area (Å²) in [5, 5.41) is 3.19. The van der Waals surface area contributed by atoms with Crippen LogP contribution in [-0.2, 0) is 0 Å². The van der Waals surface area contributed by atoms with E-state index in [1.165, 1.54) is 12.1 Å². The van der Waals surface area contributed by atoms with Crippen molar-refractivity contribution in [2.24, 2.45) is 0 Å². The molecule has 1 unspecified atom stereocenters. The molecule has 1 heterocycles. The number of pyridine rings is 1. The van der Waals surface area contributed by atoms with Crippen LogP contribution in [0.3, 0.4) is 0 Å². The molecule has 4 heteroatoms. The van der Waals surface area contributed by atoms with Crippen LogP contribution in [0.1, 0.15) is 29.8 Å². The zero-order valence-electron chi connectivity index (χ0n) is 11.0. The lowest BCUT2D eigenvalue weighted by atomic mass is 9.99. The van der Waals surface area contributed by atoms with Gasteiger partial charge in [0, 0.05) is 23.5 Å². The molecule has 19 heavy (non-hydrogen) atoms. The Morgan fingerprint density at radius 1 is 1.21 bits per heavy atom. The van der Waals surface area contributed by atoms with Crippen molar-refractivity contribution in [1.29, 1.82) is 0 Å². The van der Waals surface area contributed by atoms with Gasteiger partial charge in [0.25, 0.3) is 0 Å². The van der Waals surface area contributed by atoms with E-state index in [4.69, 9.17) is 0 Å². The molecule has 2 nitrogen and oxygen atoms in total. The molecule has 0 aliphatic rings. The van der Waals surface area contributed by atoms with Crippen LogP contribution < -0.4 is 5.32 Å². The summed E-state index contributed by atoms with van der Waals surface area (Å²) in [5.74, 6) is -1.12. The molecule has 2 aromatic rings. The van der Waals surface area contributed by atoms with E-state index in [0.717, 1.165) is 17.3 Å². The third-order valence-electron chi connectivity index (χ3n) is 2.95. The molecule has 0 aliphatic heterocycles. The van der Waals surface area contributed by atoms with Crippen LogP contribution in [0.4, 0.5) is 8.78 Å².